The second kappa shape index (κ2) is 11.5. The quantitative estimate of drug-likeness (QED) is 0.272. The number of nitrogens with zero attached hydrogens (tertiary/aromatic N) is 3. The fraction of sp³-hybridized carbons (Fsp3) is 0.400. The van der Waals surface area contributed by atoms with E-state index in [1.165, 1.54) is 13.3 Å². The minimum atomic E-state index is -0.609. The summed E-state index contributed by atoms with van der Waals surface area (Å²) in [5.41, 5.74) is 0.756. The van der Waals surface area contributed by atoms with Crippen LogP contribution in [0, 0.1) is 0 Å². The molecule has 0 aromatic heterocycles. The molecule has 0 saturated carbocycles. The molecule has 10 nitrogen and oxygen atoms in total. The third kappa shape index (κ3) is 6.81. The van der Waals surface area contributed by atoms with Gasteiger partial charge in [-0.05, 0) is 35.5 Å². The lowest BCUT2D eigenvalue weighted by atomic mass is 10.2. The van der Waals surface area contributed by atoms with Gasteiger partial charge in [0.05, 0.1) is 38.6 Å². The number of hydrogen-bond acceptors (Lipinski definition) is 10. The molecule has 166 valence electrons. The van der Waals surface area contributed by atoms with Crippen LogP contribution in [0.1, 0.15) is 5.56 Å². The molecule has 11 heteroatoms. The first-order chi connectivity index (χ1) is 15.1. The van der Waals surface area contributed by atoms with Gasteiger partial charge in [0.15, 0.2) is 16.7 Å². The summed E-state index contributed by atoms with van der Waals surface area (Å²) in [4.78, 5) is 25.6. The van der Waals surface area contributed by atoms with Gasteiger partial charge in [0.1, 0.15) is 6.61 Å². The summed E-state index contributed by atoms with van der Waals surface area (Å²) >= 11 is 1.01. The number of hydrogen-bond donors (Lipinski definition) is 1. The minimum Gasteiger partial charge on any atom is -0.493 e. The van der Waals surface area contributed by atoms with E-state index in [4.69, 9.17) is 14.2 Å². The summed E-state index contributed by atoms with van der Waals surface area (Å²) in [6, 6.07) is 5.42. The number of morpholine rings is 1. The molecule has 0 radical (unpaired) electrons. The number of rotatable bonds is 8. The molecule has 2 aliphatic heterocycles. The Morgan fingerprint density at radius 3 is 2.84 bits per heavy atom. The van der Waals surface area contributed by atoms with Gasteiger partial charge < -0.3 is 18.9 Å². The normalized spacial score (nSPS) is 19.7. The second-order valence-electron chi connectivity index (χ2n) is 6.45. The Bertz CT molecular complexity index is 896. The third-order valence-corrected chi connectivity index (χ3v) is 5.31. The van der Waals surface area contributed by atoms with Crippen LogP contribution in [0.25, 0.3) is 0 Å². The van der Waals surface area contributed by atoms with Crippen molar-refractivity contribution in [3.05, 3.63) is 34.7 Å². The van der Waals surface area contributed by atoms with Crippen LogP contribution in [0.5, 0.6) is 11.5 Å². The maximum absolute atomic E-state index is 11.8. The number of ether oxygens (including phenoxy) is 4. The summed E-state index contributed by atoms with van der Waals surface area (Å²) in [6.45, 7) is 4.62. The highest BCUT2D eigenvalue weighted by Gasteiger charge is 2.25. The molecule has 31 heavy (non-hydrogen) atoms. The Kier molecular flexibility index (Phi) is 8.44. The van der Waals surface area contributed by atoms with Gasteiger partial charge in [-0.15, -0.1) is 5.10 Å². The van der Waals surface area contributed by atoms with Crippen LogP contribution in [-0.4, -0.2) is 81.8 Å². The van der Waals surface area contributed by atoms with Crippen LogP contribution >= 0.6 is 11.8 Å². The summed E-state index contributed by atoms with van der Waals surface area (Å²) in [6.07, 6.45) is 2.65. The molecule has 0 spiro atoms. The first kappa shape index (κ1) is 22.8. The Labute approximate surface area is 184 Å². The molecular weight excluding hydrogens is 424 g/mol. The summed E-state index contributed by atoms with van der Waals surface area (Å²) in [5.74, 6) is 0.201. The van der Waals surface area contributed by atoms with Crippen LogP contribution in [0.15, 0.2) is 39.4 Å². The highest BCUT2D eigenvalue weighted by Crippen LogP contribution is 2.28. The highest BCUT2D eigenvalue weighted by atomic mass is 32.2. The van der Waals surface area contributed by atoms with E-state index in [9.17, 15) is 9.59 Å². The fourth-order valence-electron chi connectivity index (χ4n) is 2.78. The van der Waals surface area contributed by atoms with Crippen molar-refractivity contribution in [2.24, 2.45) is 10.2 Å². The van der Waals surface area contributed by atoms with Crippen molar-refractivity contribution in [2.75, 3.05) is 53.7 Å². The number of amides is 1. The number of benzene rings is 1. The third-order valence-electron chi connectivity index (χ3n) is 4.41. The predicted molar refractivity (Wildman–Crippen MR) is 117 cm³/mol. The van der Waals surface area contributed by atoms with Gasteiger partial charge in [0, 0.05) is 25.7 Å². The van der Waals surface area contributed by atoms with E-state index < -0.39 is 11.9 Å². The molecule has 2 saturated heterocycles. The lowest BCUT2D eigenvalue weighted by Gasteiger charge is -2.26. The highest BCUT2D eigenvalue weighted by molar-refractivity contribution is 8.18. The van der Waals surface area contributed by atoms with Gasteiger partial charge in [-0.3, -0.25) is 15.0 Å². The molecular formula is C20H24N4O6S. The van der Waals surface area contributed by atoms with Crippen LogP contribution in [0.4, 0.5) is 0 Å². The molecule has 1 aromatic carbocycles. The number of carbonyl (C=O) groups excluding carboxylic acids is 2. The molecule has 2 fully saturated rings. The van der Waals surface area contributed by atoms with E-state index in [1.807, 2.05) is 12.1 Å². The number of esters is 1. The number of methoxy groups -OCH3 is 2. The maximum Gasteiger partial charge on any atom is 0.331 e. The molecule has 2 heterocycles. The summed E-state index contributed by atoms with van der Waals surface area (Å²) in [5, 5.41) is 10.8. The molecule has 1 amide bonds. The number of thioether (sulfide) groups is 1. The number of carbonyl (C=O) groups is 2. The van der Waals surface area contributed by atoms with Crippen LogP contribution < -0.4 is 14.8 Å². The van der Waals surface area contributed by atoms with E-state index in [2.05, 4.69) is 25.2 Å². The van der Waals surface area contributed by atoms with Crippen molar-refractivity contribution in [2.45, 2.75) is 0 Å². The first-order valence-corrected chi connectivity index (χ1v) is 10.4. The van der Waals surface area contributed by atoms with Gasteiger partial charge in [0.25, 0.3) is 5.91 Å². The van der Waals surface area contributed by atoms with Crippen molar-refractivity contribution < 1.29 is 28.5 Å². The smallest absolute Gasteiger partial charge is 0.331 e. The van der Waals surface area contributed by atoms with Gasteiger partial charge in [-0.2, -0.15) is 5.10 Å². The lowest BCUT2D eigenvalue weighted by Crippen LogP contribution is -2.38. The number of nitrogens with one attached hydrogen (secondary N) is 1. The monoisotopic (exact) mass is 448 g/mol. The summed E-state index contributed by atoms with van der Waals surface area (Å²) in [7, 11) is 2.83. The zero-order valence-corrected chi connectivity index (χ0v) is 18.1. The second-order valence-corrected chi connectivity index (χ2v) is 7.48. The molecule has 1 aromatic rings. The van der Waals surface area contributed by atoms with Crippen molar-refractivity contribution in [3.63, 3.8) is 0 Å². The Hall–Kier alpha value is -2.89. The van der Waals surface area contributed by atoms with Crippen LogP contribution in [-0.2, 0) is 19.1 Å². The van der Waals surface area contributed by atoms with Crippen LogP contribution in [0.3, 0.4) is 0 Å². The Morgan fingerprint density at radius 1 is 1.29 bits per heavy atom. The molecule has 0 unspecified atom stereocenters. The largest absolute Gasteiger partial charge is 0.493 e. The van der Waals surface area contributed by atoms with E-state index in [0.29, 0.717) is 18.1 Å². The van der Waals surface area contributed by atoms with E-state index in [1.54, 1.807) is 13.2 Å². The zero-order valence-electron chi connectivity index (χ0n) is 17.3. The Morgan fingerprint density at radius 2 is 2.10 bits per heavy atom. The van der Waals surface area contributed by atoms with Gasteiger partial charge in [-0.1, -0.05) is 0 Å². The average molecular weight is 449 g/mol. The van der Waals surface area contributed by atoms with Gasteiger partial charge in [-0.25, -0.2) is 4.79 Å². The SMILES string of the molecule is COC(=O)/C=C1/S/C(=N\N=Cc2ccc(OC)c(OCCN3CCOCC3)c2)NC1=O. The van der Waals surface area contributed by atoms with Crippen molar-refractivity contribution in [1.82, 2.24) is 10.2 Å². The van der Waals surface area contributed by atoms with E-state index >= 15 is 0 Å². The van der Waals surface area contributed by atoms with E-state index in [-0.39, 0.29) is 10.1 Å². The van der Waals surface area contributed by atoms with E-state index in [0.717, 1.165) is 56.2 Å². The number of amidine groups is 1. The standard InChI is InChI=1S/C20H24N4O6S/c1-27-15-4-3-14(11-16(15)30-10-7-24-5-8-29-9-6-24)13-21-23-20-22-19(26)17(31-20)12-18(25)28-2/h3-4,11-13H,5-10H2,1-2H3,(H,22,23,26)/b17-12+,21-13?. The van der Waals surface area contributed by atoms with Crippen LogP contribution in [0.2, 0.25) is 0 Å². The van der Waals surface area contributed by atoms with Crippen molar-refractivity contribution in [1.29, 1.82) is 0 Å². The first-order valence-electron chi connectivity index (χ1n) is 9.60. The minimum absolute atomic E-state index is 0.196. The summed E-state index contributed by atoms with van der Waals surface area (Å²) < 4.78 is 21.1. The molecule has 3 rings (SSSR count). The Balaban J connectivity index is 1.59. The molecule has 0 atom stereocenters. The van der Waals surface area contributed by atoms with Crippen molar-refractivity contribution >= 4 is 35.0 Å². The fourth-order valence-corrected chi connectivity index (χ4v) is 3.52. The zero-order chi connectivity index (χ0) is 22.1. The topological polar surface area (TPSA) is 111 Å². The molecule has 2 aliphatic rings. The van der Waals surface area contributed by atoms with Gasteiger partial charge >= 0.3 is 5.97 Å². The maximum atomic E-state index is 11.8. The van der Waals surface area contributed by atoms with Crippen molar-refractivity contribution in [3.8, 4) is 11.5 Å². The molecule has 0 aliphatic carbocycles. The predicted octanol–water partition coefficient (Wildman–Crippen LogP) is 1.02. The lowest BCUT2D eigenvalue weighted by molar-refractivity contribution is -0.135. The van der Waals surface area contributed by atoms with Gasteiger partial charge in [0.2, 0.25) is 0 Å². The molecule has 0 bridgehead atoms. The molecule has 1 N–H and O–H groups in total. The average Bonchev–Trinajstić information content (AvgIpc) is 3.13.